The van der Waals surface area contributed by atoms with Crippen LogP contribution in [-0.4, -0.2) is 146 Å². The van der Waals surface area contributed by atoms with Crippen LogP contribution in [0.15, 0.2) is 23.0 Å². The third kappa shape index (κ3) is 5.22. The van der Waals surface area contributed by atoms with Crippen LogP contribution in [0.5, 0.6) is 0 Å². The molecule has 3 saturated heterocycles. The van der Waals surface area contributed by atoms with Crippen LogP contribution < -0.4 is 0 Å². The summed E-state index contributed by atoms with van der Waals surface area (Å²) in [5.74, 6) is -7.35. The summed E-state index contributed by atoms with van der Waals surface area (Å²) in [6.07, 6.45) is -14.3. The van der Waals surface area contributed by atoms with Crippen LogP contribution in [0.3, 0.4) is 0 Å². The highest BCUT2D eigenvalue weighted by Gasteiger charge is 2.85. The molecular formula is C34H46O17. The van der Waals surface area contributed by atoms with Crippen molar-refractivity contribution in [1.29, 1.82) is 0 Å². The van der Waals surface area contributed by atoms with Crippen molar-refractivity contribution in [3.63, 3.8) is 0 Å². The summed E-state index contributed by atoms with van der Waals surface area (Å²) in [6, 6.07) is 0. The molecule has 0 unspecified atom stereocenters. The number of rotatable bonds is 7. The van der Waals surface area contributed by atoms with Gasteiger partial charge in [0.25, 0.3) is 0 Å². The Labute approximate surface area is 292 Å². The number of fused-ring (bicyclic) bond motifs is 2. The number of carbonyl (C=O) groups excluding carboxylic acids is 4. The van der Waals surface area contributed by atoms with E-state index in [-0.39, 0.29) is 30.8 Å². The average molecular weight is 727 g/mol. The van der Waals surface area contributed by atoms with E-state index in [2.05, 4.69) is 0 Å². The fourth-order valence-corrected chi connectivity index (χ4v) is 9.80. The van der Waals surface area contributed by atoms with Crippen molar-refractivity contribution >= 4 is 23.7 Å². The van der Waals surface area contributed by atoms with Gasteiger partial charge in [-0.2, -0.15) is 0 Å². The number of Topliss-reactive ketones (excluding diaryl/α,β-unsaturated/α-hetero) is 1. The van der Waals surface area contributed by atoms with E-state index in [9.17, 15) is 54.9 Å². The predicted octanol–water partition coefficient (Wildman–Crippen LogP) is -2.47. The molecule has 17 heteroatoms. The summed E-state index contributed by atoms with van der Waals surface area (Å²) in [5.41, 5.74) is -6.03. The van der Waals surface area contributed by atoms with Crippen molar-refractivity contribution in [3.8, 4) is 0 Å². The third-order valence-electron chi connectivity index (χ3n) is 12.4. The first kappa shape index (κ1) is 37.7. The Balaban J connectivity index is 1.43. The van der Waals surface area contributed by atoms with Gasteiger partial charge in [-0.25, -0.2) is 14.4 Å². The number of ether oxygens (including phenoxy) is 6. The average Bonchev–Trinajstić information content (AvgIpc) is 3.36. The van der Waals surface area contributed by atoms with Gasteiger partial charge in [-0.1, -0.05) is 6.92 Å². The maximum atomic E-state index is 14.0. The smallest absolute Gasteiger partial charge is 0.348 e. The molecule has 0 radical (unpaired) electrons. The van der Waals surface area contributed by atoms with E-state index in [4.69, 9.17) is 28.4 Å². The molecule has 0 aromatic rings. The molecule has 6 aliphatic rings. The maximum absolute atomic E-state index is 14.0. The second-order valence-electron chi connectivity index (χ2n) is 15.5. The fraction of sp³-hybridized carbons (Fsp3) is 0.765. The molecule has 7 N–H and O–H groups in total. The zero-order valence-corrected chi connectivity index (χ0v) is 29.0. The molecule has 0 aromatic heterocycles. The molecule has 3 aliphatic heterocycles. The molecular weight excluding hydrogens is 680 g/mol. The van der Waals surface area contributed by atoms with Crippen LogP contribution >= 0.6 is 0 Å². The molecule has 0 aromatic carbocycles. The molecule has 2 saturated carbocycles. The standard InChI is InChI=1S/C34H46O17/c1-12(31(3,4)45)7-18(37)50-24-26-33-11-47-34(26,30(44)46-6)27(42)22(41)25(33)32(5)9-15(36)23(13(2)14(32)8-17(33)49-28(24)43)51-29-21(40)20(39)19(38)16(10-35)48-29/h7,14,16-17,19-22,24-27,29,35,38-42,45H,8-11H2,1-6H3/b12-7+/t14-,16+,17+,19+,20-,21+,22+,24+,25+,26+,27-,29-,32-,33+,34-/m0/s1. The minimum atomic E-state index is -2.38. The number of hydrogen-bond donors (Lipinski definition) is 7. The minimum Gasteiger partial charge on any atom is -0.467 e. The minimum absolute atomic E-state index is 0.00228. The lowest BCUT2D eigenvalue weighted by atomic mass is 9.38. The van der Waals surface area contributed by atoms with Crippen molar-refractivity contribution < 1.29 is 83.3 Å². The number of hydrogen-bond acceptors (Lipinski definition) is 17. The molecule has 2 bridgehead atoms. The molecule has 0 amide bonds. The number of ketones is 1. The highest BCUT2D eigenvalue weighted by atomic mass is 16.7. The van der Waals surface area contributed by atoms with Crippen molar-refractivity contribution in [1.82, 2.24) is 0 Å². The number of aliphatic hydroxyl groups excluding tert-OH is 6. The van der Waals surface area contributed by atoms with E-state index >= 15 is 0 Å². The number of methoxy groups -OCH3 is 1. The molecule has 1 spiro atoms. The van der Waals surface area contributed by atoms with E-state index in [1.54, 1.807) is 13.8 Å². The van der Waals surface area contributed by atoms with E-state index in [0.717, 1.165) is 13.2 Å². The first-order valence-electron chi connectivity index (χ1n) is 16.8. The summed E-state index contributed by atoms with van der Waals surface area (Å²) in [5, 5.41) is 74.9. The van der Waals surface area contributed by atoms with Crippen LogP contribution in [-0.2, 0) is 47.6 Å². The van der Waals surface area contributed by atoms with Gasteiger partial charge in [-0.3, -0.25) is 4.79 Å². The molecule has 15 atom stereocenters. The van der Waals surface area contributed by atoms with Crippen molar-refractivity contribution in [2.24, 2.45) is 28.6 Å². The second-order valence-corrected chi connectivity index (χ2v) is 15.5. The van der Waals surface area contributed by atoms with Crippen LogP contribution in [0.25, 0.3) is 0 Å². The van der Waals surface area contributed by atoms with Gasteiger partial charge in [0, 0.05) is 23.8 Å². The Morgan fingerprint density at radius 1 is 1.04 bits per heavy atom. The topological polar surface area (TPSA) is 265 Å². The van der Waals surface area contributed by atoms with Crippen molar-refractivity contribution in [2.75, 3.05) is 20.3 Å². The normalized spacial score (nSPS) is 46.5. The van der Waals surface area contributed by atoms with E-state index < -0.39 is 125 Å². The van der Waals surface area contributed by atoms with Gasteiger partial charge < -0.3 is 64.2 Å². The molecule has 3 aliphatic carbocycles. The van der Waals surface area contributed by atoms with Gasteiger partial charge in [0.1, 0.15) is 36.6 Å². The number of allylic oxidation sites excluding steroid dienone is 2. The lowest BCUT2D eigenvalue weighted by Crippen LogP contribution is -2.79. The number of carbonyl (C=O) groups is 4. The Morgan fingerprint density at radius 2 is 1.71 bits per heavy atom. The highest BCUT2D eigenvalue weighted by Crippen LogP contribution is 2.73. The van der Waals surface area contributed by atoms with Crippen LogP contribution in [0.2, 0.25) is 0 Å². The lowest BCUT2D eigenvalue weighted by molar-refractivity contribution is -0.296. The van der Waals surface area contributed by atoms with Gasteiger partial charge >= 0.3 is 17.9 Å². The van der Waals surface area contributed by atoms with Crippen molar-refractivity contribution in [2.45, 2.75) is 114 Å². The van der Waals surface area contributed by atoms with E-state index in [1.807, 2.05) is 0 Å². The Bertz CT molecular complexity index is 1550. The summed E-state index contributed by atoms with van der Waals surface area (Å²) >= 11 is 0. The lowest BCUT2D eigenvalue weighted by Gasteiger charge is -2.67. The number of aliphatic hydroxyl groups is 7. The molecule has 17 nitrogen and oxygen atoms in total. The fourth-order valence-electron chi connectivity index (χ4n) is 9.80. The van der Waals surface area contributed by atoms with Gasteiger partial charge in [-0.05, 0) is 56.6 Å². The van der Waals surface area contributed by atoms with Crippen LogP contribution in [0, 0.1) is 28.6 Å². The van der Waals surface area contributed by atoms with Crippen LogP contribution in [0.4, 0.5) is 0 Å². The van der Waals surface area contributed by atoms with Gasteiger partial charge in [0.2, 0.25) is 18.0 Å². The first-order valence-corrected chi connectivity index (χ1v) is 16.8. The maximum Gasteiger partial charge on any atom is 0.348 e. The zero-order chi connectivity index (χ0) is 37.7. The Morgan fingerprint density at radius 3 is 2.31 bits per heavy atom. The summed E-state index contributed by atoms with van der Waals surface area (Å²) in [4.78, 5) is 54.7. The third-order valence-corrected chi connectivity index (χ3v) is 12.4. The zero-order valence-electron chi connectivity index (χ0n) is 29.0. The van der Waals surface area contributed by atoms with Gasteiger partial charge in [0.05, 0.1) is 37.9 Å². The summed E-state index contributed by atoms with van der Waals surface area (Å²) < 4.78 is 34.2. The molecule has 6 rings (SSSR count). The molecule has 3 heterocycles. The highest BCUT2D eigenvalue weighted by molar-refractivity contribution is 5.96. The quantitative estimate of drug-likeness (QED) is 0.0814. The largest absolute Gasteiger partial charge is 0.467 e. The monoisotopic (exact) mass is 726 g/mol. The Kier molecular flexibility index (Phi) is 9.29. The molecule has 284 valence electrons. The number of esters is 3. The van der Waals surface area contributed by atoms with E-state index in [0.29, 0.717) is 5.57 Å². The summed E-state index contributed by atoms with van der Waals surface area (Å²) in [7, 11) is 1.04. The second kappa shape index (κ2) is 12.6. The Hall–Kier alpha value is -3.00. The molecule has 51 heavy (non-hydrogen) atoms. The SMILES string of the molecule is COC(=O)[C@@]12OC[C@]34[C@H]([C@@H](O)[C@@H]1O)[C@@]1(C)CC(=O)C(O[C@@H]5O[C@H](CO)[C@@H](O)[C@H](O)[C@H]5O)=C(C)[C@@H]1C[C@H]3OC(=O)[C@H](OC(=O)/C=C(\C)C(C)(C)O)[C@@H]24. The van der Waals surface area contributed by atoms with E-state index in [1.165, 1.54) is 20.8 Å². The van der Waals surface area contributed by atoms with Crippen molar-refractivity contribution in [3.05, 3.63) is 23.0 Å². The van der Waals surface area contributed by atoms with Gasteiger partial charge in [-0.15, -0.1) is 0 Å². The molecule has 5 fully saturated rings. The summed E-state index contributed by atoms with van der Waals surface area (Å²) in [6.45, 7) is 6.55. The first-order chi connectivity index (χ1) is 23.7. The van der Waals surface area contributed by atoms with Gasteiger partial charge in [0.15, 0.2) is 11.5 Å². The predicted molar refractivity (Wildman–Crippen MR) is 165 cm³/mol. The van der Waals surface area contributed by atoms with Crippen LogP contribution in [0.1, 0.15) is 47.5 Å².